The number of allylic oxidation sites excluding steroid dienone is 1. The van der Waals surface area contributed by atoms with Crippen LogP contribution in [0.4, 0.5) is 5.69 Å². The molecule has 2 aromatic rings. The zero-order valence-corrected chi connectivity index (χ0v) is 13.3. The molecule has 0 heterocycles. The summed E-state index contributed by atoms with van der Waals surface area (Å²) in [5, 5.41) is 3.12. The van der Waals surface area contributed by atoms with E-state index in [0.29, 0.717) is 11.3 Å². The number of Topliss-reactive ketones (excluding diaryl/α,β-unsaturated/α-hetero) is 1. The molecule has 1 N–H and O–H groups in total. The lowest BCUT2D eigenvalue weighted by atomic mass is 10.1. The number of ketones is 1. The molecule has 4 heteroatoms. The molecule has 2 rings (SSSR count). The summed E-state index contributed by atoms with van der Waals surface area (Å²) in [6.07, 6.45) is 0.236. The van der Waals surface area contributed by atoms with Gasteiger partial charge in [0.05, 0.1) is 19.2 Å². The van der Waals surface area contributed by atoms with E-state index in [2.05, 4.69) is 27.8 Å². The van der Waals surface area contributed by atoms with E-state index >= 15 is 0 Å². The first-order valence-electron chi connectivity index (χ1n) is 6.46. The smallest absolute Gasteiger partial charge is 0.168 e. The molecule has 0 saturated carbocycles. The molecule has 0 fully saturated rings. The number of para-hydroxylation sites is 2. The highest BCUT2D eigenvalue weighted by molar-refractivity contribution is 9.10. The number of hydrogen-bond acceptors (Lipinski definition) is 3. The third-order valence-corrected chi connectivity index (χ3v) is 3.49. The summed E-state index contributed by atoms with van der Waals surface area (Å²) in [5.41, 5.74) is 2.10. The highest BCUT2D eigenvalue weighted by Gasteiger charge is 2.09. The number of nitrogens with one attached hydrogen (secondary N) is 1. The highest BCUT2D eigenvalue weighted by atomic mass is 79.9. The summed E-state index contributed by atoms with van der Waals surface area (Å²) in [5.74, 6) is 0.740. The summed E-state index contributed by atoms with van der Waals surface area (Å²) < 4.78 is 6.20. The number of rotatable bonds is 6. The quantitative estimate of drug-likeness (QED) is 0.774. The van der Waals surface area contributed by atoms with Gasteiger partial charge < -0.3 is 10.1 Å². The zero-order valence-electron chi connectivity index (χ0n) is 11.7. The lowest BCUT2D eigenvalue weighted by Gasteiger charge is -2.12. The van der Waals surface area contributed by atoms with Crippen molar-refractivity contribution in [1.82, 2.24) is 0 Å². The topological polar surface area (TPSA) is 38.3 Å². The average molecular weight is 346 g/mol. The van der Waals surface area contributed by atoms with Gasteiger partial charge in [0.25, 0.3) is 0 Å². The summed E-state index contributed by atoms with van der Waals surface area (Å²) >= 11 is 3.35. The molecule has 0 aromatic heterocycles. The first kappa shape index (κ1) is 15.3. The third kappa shape index (κ3) is 4.20. The Hall–Kier alpha value is -2.07. The minimum Gasteiger partial charge on any atom is -0.495 e. The molecule has 0 saturated heterocycles. The predicted octanol–water partition coefficient (Wildman–Crippen LogP) is 4.66. The molecule has 0 radical (unpaired) electrons. The summed E-state index contributed by atoms with van der Waals surface area (Å²) in [6, 6.07) is 14.8. The number of methoxy groups -OCH3 is 1. The molecule has 108 valence electrons. The number of hydrogen-bond donors (Lipinski definition) is 1. The number of anilines is 1. The van der Waals surface area contributed by atoms with E-state index in [0.717, 1.165) is 15.9 Å². The van der Waals surface area contributed by atoms with Crippen LogP contribution in [0.2, 0.25) is 0 Å². The zero-order chi connectivity index (χ0) is 15.2. The first-order chi connectivity index (χ1) is 10.1. The highest BCUT2D eigenvalue weighted by Crippen LogP contribution is 2.25. The molecule has 0 bridgehead atoms. The van der Waals surface area contributed by atoms with Crippen molar-refractivity contribution in [3.63, 3.8) is 0 Å². The van der Waals surface area contributed by atoms with Crippen LogP contribution in [0.5, 0.6) is 5.75 Å². The second kappa shape index (κ2) is 7.09. The number of halogens is 1. The number of benzene rings is 2. The van der Waals surface area contributed by atoms with Crippen LogP contribution < -0.4 is 10.1 Å². The van der Waals surface area contributed by atoms with Crippen LogP contribution in [0.1, 0.15) is 16.8 Å². The molecule has 0 spiro atoms. The van der Waals surface area contributed by atoms with Gasteiger partial charge >= 0.3 is 0 Å². The Balaban J connectivity index is 2.01. The standard InChI is InChI=1S/C17H16BrNO2/c1-12(19-15-5-3-4-6-17(15)21-2)11-16(20)13-7-9-14(18)10-8-13/h3-10,19H,1,11H2,2H3. The van der Waals surface area contributed by atoms with Crippen molar-refractivity contribution in [2.24, 2.45) is 0 Å². The average Bonchev–Trinajstić information content (AvgIpc) is 2.48. The number of ether oxygens (including phenoxy) is 1. The normalized spacial score (nSPS) is 10.0. The molecule has 3 nitrogen and oxygen atoms in total. The maximum atomic E-state index is 12.2. The molecular weight excluding hydrogens is 330 g/mol. The second-order valence-corrected chi connectivity index (χ2v) is 5.45. The van der Waals surface area contributed by atoms with Gasteiger partial charge in [0, 0.05) is 15.7 Å². The fourth-order valence-electron chi connectivity index (χ4n) is 1.91. The second-order valence-electron chi connectivity index (χ2n) is 4.54. The van der Waals surface area contributed by atoms with Crippen molar-refractivity contribution >= 4 is 27.4 Å². The Morgan fingerprint density at radius 1 is 1.19 bits per heavy atom. The molecule has 21 heavy (non-hydrogen) atoms. The van der Waals surface area contributed by atoms with Gasteiger partial charge in [-0.05, 0) is 24.3 Å². The monoisotopic (exact) mass is 345 g/mol. The molecule has 0 aliphatic heterocycles. The van der Waals surface area contributed by atoms with Crippen LogP contribution in [0.25, 0.3) is 0 Å². The Morgan fingerprint density at radius 3 is 2.52 bits per heavy atom. The van der Waals surface area contributed by atoms with E-state index in [-0.39, 0.29) is 12.2 Å². The lowest BCUT2D eigenvalue weighted by Crippen LogP contribution is -2.07. The van der Waals surface area contributed by atoms with Gasteiger partial charge in [-0.1, -0.05) is 46.8 Å². The maximum absolute atomic E-state index is 12.2. The summed E-state index contributed by atoms with van der Waals surface area (Å²) in [7, 11) is 1.61. The van der Waals surface area contributed by atoms with E-state index in [1.165, 1.54) is 0 Å². The molecule has 0 amide bonds. The molecule has 0 aliphatic rings. The largest absolute Gasteiger partial charge is 0.495 e. The van der Waals surface area contributed by atoms with Crippen molar-refractivity contribution in [3.8, 4) is 5.75 Å². The Labute approximate surface area is 132 Å². The van der Waals surface area contributed by atoms with Gasteiger partial charge in [-0.3, -0.25) is 4.79 Å². The first-order valence-corrected chi connectivity index (χ1v) is 7.26. The van der Waals surface area contributed by atoms with Gasteiger partial charge in [-0.25, -0.2) is 0 Å². The number of carbonyl (C=O) groups excluding carboxylic acids is 1. The summed E-state index contributed by atoms with van der Waals surface area (Å²) in [4.78, 5) is 12.2. The van der Waals surface area contributed by atoms with Crippen molar-refractivity contribution in [3.05, 3.63) is 70.8 Å². The van der Waals surface area contributed by atoms with Crippen LogP contribution in [-0.4, -0.2) is 12.9 Å². The van der Waals surface area contributed by atoms with Crippen LogP contribution >= 0.6 is 15.9 Å². The Bertz CT molecular complexity index is 650. The molecule has 2 aromatic carbocycles. The van der Waals surface area contributed by atoms with Crippen LogP contribution in [-0.2, 0) is 0 Å². The van der Waals surface area contributed by atoms with Crippen molar-refractivity contribution in [1.29, 1.82) is 0 Å². The number of carbonyl (C=O) groups is 1. The van der Waals surface area contributed by atoms with E-state index in [9.17, 15) is 4.79 Å². The van der Waals surface area contributed by atoms with E-state index in [1.54, 1.807) is 19.2 Å². The summed E-state index contributed by atoms with van der Waals surface area (Å²) in [6.45, 7) is 3.91. The minimum atomic E-state index is 0.0231. The molecular formula is C17H16BrNO2. The fraction of sp³-hybridized carbons (Fsp3) is 0.118. The van der Waals surface area contributed by atoms with E-state index in [4.69, 9.17) is 4.74 Å². The van der Waals surface area contributed by atoms with Crippen molar-refractivity contribution in [2.75, 3.05) is 12.4 Å². The van der Waals surface area contributed by atoms with Gasteiger partial charge in [-0.15, -0.1) is 0 Å². The molecule has 0 unspecified atom stereocenters. The maximum Gasteiger partial charge on any atom is 0.168 e. The van der Waals surface area contributed by atoms with Gasteiger partial charge in [-0.2, -0.15) is 0 Å². The van der Waals surface area contributed by atoms with Gasteiger partial charge in [0.1, 0.15) is 5.75 Å². The van der Waals surface area contributed by atoms with E-state index < -0.39 is 0 Å². The Kier molecular flexibility index (Phi) is 5.17. The van der Waals surface area contributed by atoms with Crippen LogP contribution in [0, 0.1) is 0 Å². The van der Waals surface area contributed by atoms with E-state index in [1.807, 2.05) is 36.4 Å². The van der Waals surface area contributed by atoms with Crippen LogP contribution in [0.15, 0.2) is 65.3 Å². The SMILES string of the molecule is C=C(CC(=O)c1ccc(Br)cc1)Nc1ccccc1OC. The van der Waals surface area contributed by atoms with Crippen LogP contribution in [0.3, 0.4) is 0 Å². The van der Waals surface area contributed by atoms with Crippen molar-refractivity contribution < 1.29 is 9.53 Å². The fourth-order valence-corrected chi connectivity index (χ4v) is 2.18. The molecule has 0 aliphatic carbocycles. The minimum absolute atomic E-state index is 0.0231. The third-order valence-electron chi connectivity index (χ3n) is 2.96. The predicted molar refractivity (Wildman–Crippen MR) is 88.8 cm³/mol. The Morgan fingerprint density at radius 2 is 1.86 bits per heavy atom. The van der Waals surface area contributed by atoms with Crippen molar-refractivity contribution in [2.45, 2.75) is 6.42 Å². The molecule has 0 atom stereocenters. The van der Waals surface area contributed by atoms with Gasteiger partial charge in [0.2, 0.25) is 0 Å². The van der Waals surface area contributed by atoms with Gasteiger partial charge in [0.15, 0.2) is 5.78 Å². The lowest BCUT2D eigenvalue weighted by molar-refractivity contribution is 0.0993.